The van der Waals surface area contributed by atoms with Crippen LogP contribution in [0.15, 0.2) is 48.7 Å². The van der Waals surface area contributed by atoms with E-state index in [9.17, 15) is 9.59 Å². The van der Waals surface area contributed by atoms with Crippen molar-refractivity contribution < 1.29 is 14.7 Å². The van der Waals surface area contributed by atoms with Gasteiger partial charge in [0.05, 0.1) is 0 Å². The lowest BCUT2D eigenvalue weighted by atomic mass is 10.1. The molecule has 3 rings (SSSR count). The fraction of sp³-hybridized carbons (Fsp3) is 0. The van der Waals surface area contributed by atoms with E-state index in [1.165, 1.54) is 12.1 Å². The first-order valence-corrected chi connectivity index (χ1v) is 6.23. The highest BCUT2D eigenvalue weighted by molar-refractivity contribution is 6.12. The number of carboxylic acids is 1. The molecule has 2 heterocycles. The van der Waals surface area contributed by atoms with Gasteiger partial charge in [0, 0.05) is 22.7 Å². The molecule has 3 aromatic rings. The Hall–Kier alpha value is -3.15. The zero-order valence-corrected chi connectivity index (χ0v) is 10.8. The van der Waals surface area contributed by atoms with Gasteiger partial charge in [-0.3, -0.25) is 4.79 Å². The minimum atomic E-state index is -1.14. The van der Waals surface area contributed by atoms with E-state index in [1.807, 2.05) is 12.1 Å². The lowest BCUT2D eigenvalue weighted by Crippen LogP contribution is -2.14. The smallest absolute Gasteiger partial charge is 0.354 e. The number of hydrogen-bond acceptors (Lipinski definition) is 3. The van der Waals surface area contributed by atoms with Crippen molar-refractivity contribution in [2.45, 2.75) is 0 Å². The molecule has 0 aliphatic heterocycles. The summed E-state index contributed by atoms with van der Waals surface area (Å²) in [7, 11) is 0. The van der Waals surface area contributed by atoms with E-state index in [0.717, 1.165) is 10.9 Å². The van der Waals surface area contributed by atoms with Crippen LogP contribution in [0.5, 0.6) is 0 Å². The monoisotopic (exact) mass is 281 g/mol. The summed E-state index contributed by atoms with van der Waals surface area (Å²) in [5.74, 6) is -1.28. The number of nitrogens with one attached hydrogen (secondary N) is 2. The molecular formula is C15H11N3O3. The maximum absolute atomic E-state index is 12.3. The molecule has 0 bridgehead atoms. The van der Waals surface area contributed by atoms with Crippen LogP contribution in [0, 0.1) is 0 Å². The maximum Gasteiger partial charge on any atom is 0.354 e. The molecule has 21 heavy (non-hydrogen) atoms. The largest absolute Gasteiger partial charge is 0.477 e. The highest BCUT2D eigenvalue weighted by Gasteiger charge is 2.12. The zero-order valence-electron chi connectivity index (χ0n) is 10.8. The van der Waals surface area contributed by atoms with Gasteiger partial charge in [0.15, 0.2) is 5.69 Å². The van der Waals surface area contributed by atoms with Gasteiger partial charge in [0.1, 0.15) is 5.82 Å². The Morgan fingerprint density at radius 1 is 1.10 bits per heavy atom. The number of carbonyl (C=O) groups is 2. The van der Waals surface area contributed by atoms with Crippen molar-refractivity contribution in [3.63, 3.8) is 0 Å². The van der Waals surface area contributed by atoms with E-state index >= 15 is 0 Å². The molecule has 3 N–H and O–H groups in total. The van der Waals surface area contributed by atoms with Gasteiger partial charge in [0.25, 0.3) is 5.91 Å². The Bertz CT molecular complexity index is 839. The number of H-pyrrole nitrogens is 1. The maximum atomic E-state index is 12.3. The van der Waals surface area contributed by atoms with E-state index in [2.05, 4.69) is 15.3 Å². The van der Waals surface area contributed by atoms with Gasteiger partial charge in [-0.15, -0.1) is 0 Å². The molecule has 0 saturated carbocycles. The van der Waals surface area contributed by atoms with Crippen molar-refractivity contribution >= 4 is 28.6 Å². The summed E-state index contributed by atoms with van der Waals surface area (Å²) < 4.78 is 0. The Balaban J connectivity index is 1.91. The van der Waals surface area contributed by atoms with Crippen LogP contribution >= 0.6 is 0 Å². The molecular weight excluding hydrogens is 270 g/mol. The third-order valence-electron chi connectivity index (χ3n) is 3.05. The van der Waals surface area contributed by atoms with Crippen LogP contribution in [0.25, 0.3) is 10.9 Å². The van der Waals surface area contributed by atoms with Gasteiger partial charge in [-0.2, -0.15) is 0 Å². The molecule has 104 valence electrons. The first-order valence-electron chi connectivity index (χ1n) is 6.23. The van der Waals surface area contributed by atoms with Gasteiger partial charge in [-0.1, -0.05) is 12.1 Å². The minimum absolute atomic E-state index is 0.118. The van der Waals surface area contributed by atoms with Crippen molar-refractivity contribution in [3.05, 3.63) is 59.9 Å². The number of benzene rings is 1. The summed E-state index contributed by atoms with van der Waals surface area (Å²) in [4.78, 5) is 30.1. The molecule has 0 unspecified atom stereocenters. The van der Waals surface area contributed by atoms with E-state index in [1.54, 1.807) is 24.4 Å². The first-order chi connectivity index (χ1) is 10.1. The summed E-state index contributed by atoms with van der Waals surface area (Å²) in [6, 6.07) is 11.6. The molecule has 0 saturated heterocycles. The summed E-state index contributed by atoms with van der Waals surface area (Å²) in [5.41, 5.74) is 1.24. The number of hydrogen-bond donors (Lipinski definition) is 3. The Labute approximate surface area is 119 Å². The third kappa shape index (κ3) is 2.46. The Kier molecular flexibility index (Phi) is 3.12. The van der Waals surface area contributed by atoms with Crippen LogP contribution in [-0.2, 0) is 0 Å². The molecule has 0 radical (unpaired) electrons. The molecule has 6 heteroatoms. The molecule has 0 spiro atoms. The van der Waals surface area contributed by atoms with E-state index in [0.29, 0.717) is 5.56 Å². The van der Waals surface area contributed by atoms with Crippen molar-refractivity contribution in [1.82, 2.24) is 9.97 Å². The SMILES string of the molecule is O=C(O)c1cccc(NC(=O)c2cccc3[nH]ccc23)n1. The van der Waals surface area contributed by atoms with Crippen molar-refractivity contribution in [3.8, 4) is 0 Å². The predicted octanol–water partition coefficient (Wildman–Crippen LogP) is 2.51. The topological polar surface area (TPSA) is 95.1 Å². The van der Waals surface area contributed by atoms with Crippen LogP contribution in [0.2, 0.25) is 0 Å². The number of carbonyl (C=O) groups excluding carboxylic acids is 1. The van der Waals surface area contributed by atoms with Gasteiger partial charge in [0.2, 0.25) is 0 Å². The first kappa shape index (κ1) is 12.9. The van der Waals surface area contributed by atoms with Crippen LogP contribution in [0.1, 0.15) is 20.8 Å². The summed E-state index contributed by atoms with van der Waals surface area (Å²) in [6.07, 6.45) is 1.75. The molecule has 1 amide bonds. The highest BCUT2D eigenvalue weighted by atomic mass is 16.4. The van der Waals surface area contributed by atoms with E-state index in [4.69, 9.17) is 5.11 Å². The molecule has 2 aromatic heterocycles. The molecule has 0 aliphatic carbocycles. The van der Waals surface area contributed by atoms with Gasteiger partial charge < -0.3 is 15.4 Å². The summed E-state index contributed by atoms with van der Waals surface area (Å²) in [5, 5.41) is 12.3. The Morgan fingerprint density at radius 3 is 2.71 bits per heavy atom. The molecule has 0 aliphatic rings. The number of anilines is 1. The quantitative estimate of drug-likeness (QED) is 0.687. The number of aromatic carboxylic acids is 1. The predicted molar refractivity (Wildman–Crippen MR) is 77.4 cm³/mol. The van der Waals surface area contributed by atoms with Crippen molar-refractivity contribution in [1.29, 1.82) is 0 Å². The number of rotatable bonds is 3. The average Bonchev–Trinajstić information content (AvgIpc) is 2.95. The number of fused-ring (bicyclic) bond motifs is 1. The summed E-state index contributed by atoms with van der Waals surface area (Å²) in [6.45, 7) is 0. The number of aromatic amines is 1. The molecule has 0 atom stereocenters. The van der Waals surface area contributed by atoms with Crippen LogP contribution < -0.4 is 5.32 Å². The number of amides is 1. The summed E-state index contributed by atoms with van der Waals surface area (Å²) >= 11 is 0. The second kappa shape index (κ2) is 5.09. The third-order valence-corrected chi connectivity index (χ3v) is 3.05. The average molecular weight is 281 g/mol. The van der Waals surface area contributed by atoms with Crippen LogP contribution in [0.4, 0.5) is 5.82 Å². The molecule has 1 aromatic carbocycles. The number of pyridine rings is 1. The van der Waals surface area contributed by atoms with Gasteiger partial charge >= 0.3 is 5.97 Å². The normalized spacial score (nSPS) is 10.5. The van der Waals surface area contributed by atoms with Gasteiger partial charge in [-0.05, 0) is 30.3 Å². The number of carboxylic acid groups (broad SMARTS) is 1. The standard InChI is InChI=1S/C15H11N3O3/c19-14(10-3-1-4-11-9(10)7-8-16-11)18-13-6-2-5-12(17-13)15(20)21/h1-8,16H,(H,20,21)(H,17,18,19). The highest BCUT2D eigenvalue weighted by Crippen LogP contribution is 2.18. The zero-order chi connectivity index (χ0) is 14.8. The fourth-order valence-electron chi connectivity index (χ4n) is 2.09. The second-order valence-electron chi connectivity index (χ2n) is 4.41. The minimum Gasteiger partial charge on any atom is -0.477 e. The lowest BCUT2D eigenvalue weighted by Gasteiger charge is -2.06. The van der Waals surface area contributed by atoms with E-state index < -0.39 is 5.97 Å². The lowest BCUT2D eigenvalue weighted by molar-refractivity contribution is 0.0690. The fourth-order valence-corrected chi connectivity index (χ4v) is 2.09. The number of nitrogens with zero attached hydrogens (tertiary/aromatic N) is 1. The van der Waals surface area contributed by atoms with E-state index in [-0.39, 0.29) is 17.4 Å². The van der Waals surface area contributed by atoms with Crippen molar-refractivity contribution in [2.75, 3.05) is 5.32 Å². The van der Waals surface area contributed by atoms with Crippen LogP contribution in [0.3, 0.4) is 0 Å². The Morgan fingerprint density at radius 2 is 1.90 bits per heavy atom. The van der Waals surface area contributed by atoms with Crippen molar-refractivity contribution in [2.24, 2.45) is 0 Å². The molecule has 6 nitrogen and oxygen atoms in total. The second-order valence-corrected chi connectivity index (χ2v) is 4.41. The molecule has 0 fully saturated rings. The van der Waals surface area contributed by atoms with Gasteiger partial charge in [-0.25, -0.2) is 9.78 Å². The van der Waals surface area contributed by atoms with Crippen LogP contribution in [-0.4, -0.2) is 27.0 Å². The number of aromatic nitrogens is 2.